The number of nitrogens with zero attached hydrogens (tertiary/aromatic N) is 1. The van der Waals surface area contributed by atoms with Crippen molar-refractivity contribution in [3.05, 3.63) is 53.5 Å². The summed E-state index contributed by atoms with van der Waals surface area (Å²) < 4.78 is 5.57. The highest BCUT2D eigenvalue weighted by molar-refractivity contribution is 5.95. The van der Waals surface area contributed by atoms with Crippen LogP contribution in [0.25, 0.3) is 0 Å². The summed E-state index contributed by atoms with van der Waals surface area (Å²) in [6, 6.07) is 12.4. The van der Waals surface area contributed by atoms with E-state index in [9.17, 15) is 4.79 Å². The molecular weight excluding hydrogens is 312 g/mol. The minimum atomic E-state index is 0. The Bertz CT molecular complexity index is 669. The van der Waals surface area contributed by atoms with Crippen LogP contribution >= 0.6 is 12.4 Å². The highest BCUT2D eigenvalue weighted by Crippen LogP contribution is 2.25. The number of amides is 1. The molecule has 0 radical (unpaired) electrons. The summed E-state index contributed by atoms with van der Waals surface area (Å²) in [6.07, 6.45) is 1.62. The van der Waals surface area contributed by atoms with Crippen LogP contribution in [0.2, 0.25) is 0 Å². The number of hydrogen-bond donors (Lipinski definition) is 1. The number of carbonyl (C=O) groups excluding carboxylic acids is 1. The third kappa shape index (κ3) is 4.15. The largest absolute Gasteiger partial charge is 0.465 e. The van der Waals surface area contributed by atoms with Gasteiger partial charge in [-0.2, -0.15) is 0 Å². The lowest BCUT2D eigenvalue weighted by Gasteiger charge is -2.19. The Labute approximate surface area is 143 Å². The molecule has 1 saturated heterocycles. The van der Waals surface area contributed by atoms with Crippen LogP contribution in [0, 0.1) is 6.92 Å². The monoisotopic (exact) mass is 334 g/mol. The van der Waals surface area contributed by atoms with Gasteiger partial charge in [0.05, 0.1) is 6.54 Å². The number of rotatable bonds is 5. The highest BCUT2D eigenvalue weighted by atomic mass is 35.5. The van der Waals surface area contributed by atoms with Crippen LogP contribution in [-0.4, -0.2) is 12.5 Å². The smallest absolute Gasteiger partial charge is 0.227 e. The maximum atomic E-state index is 11.9. The molecule has 1 N–H and O–H groups in total. The standard InChI is InChI=1S/C18H22N2O2.ClH/c1-13-8-9-17(22-13)12-19-14(2)15-5-3-6-16(11-15)20-10-4-7-18(20)21;/h3,5-6,8-9,11,14,19H,4,7,10,12H2,1-2H3;1H. The summed E-state index contributed by atoms with van der Waals surface area (Å²) in [5.41, 5.74) is 2.18. The molecule has 4 nitrogen and oxygen atoms in total. The predicted octanol–water partition coefficient (Wildman–Crippen LogP) is 3.99. The molecule has 0 saturated carbocycles. The molecule has 1 aliphatic heterocycles. The van der Waals surface area contributed by atoms with E-state index in [1.54, 1.807) is 0 Å². The van der Waals surface area contributed by atoms with Gasteiger partial charge in [-0.25, -0.2) is 0 Å². The fraction of sp³-hybridized carbons (Fsp3) is 0.389. The van der Waals surface area contributed by atoms with Crippen molar-refractivity contribution in [2.24, 2.45) is 0 Å². The first-order valence-electron chi connectivity index (χ1n) is 7.82. The molecular formula is C18H23ClN2O2. The number of benzene rings is 1. The van der Waals surface area contributed by atoms with E-state index in [-0.39, 0.29) is 24.4 Å². The lowest BCUT2D eigenvalue weighted by Crippen LogP contribution is -2.24. The molecule has 1 aliphatic rings. The molecule has 23 heavy (non-hydrogen) atoms. The van der Waals surface area contributed by atoms with Crippen LogP contribution in [0.15, 0.2) is 40.8 Å². The van der Waals surface area contributed by atoms with Crippen molar-refractivity contribution in [3.63, 3.8) is 0 Å². The van der Waals surface area contributed by atoms with E-state index in [0.717, 1.165) is 30.2 Å². The zero-order valence-corrected chi connectivity index (χ0v) is 14.4. The zero-order valence-electron chi connectivity index (χ0n) is 13.5. The maximum Gasteiger partial charge on any atom is 0.227 e. The fourth-order valence-corrected chi connectivity index (χ4v) is 2.83. The summed E-state index contributed by atoms with van der Waals surface area (Å²) in [4.78, 5) is 13.7. The molecule has 1 aromatic carbocycles. The Morgan fingerprint density at radius 3 is 2.78 bits per heavy atom. The summed E-state index contributed by atoms with van der Waals surface area (Å²) in [5.74, 6) is 2.10. The summed E-state index contributed by atoms with van der Waals surface area (Å²) in [6.45, 7) is 5.60. The first-order chi connectivity index (χ1) is 10.6. The quantitative estimate of drug-likeness (QED) is 0.899. The predicted molar refractivity (Wildman–Crippen MR) is 94.0 cm³/mol. The number of aryl methyl sites for hydroxylation is 1. The van der Waals surface area contributed by atoms with Crippen molar-refractivity contribution in [1.29, 1.82) is 0 Å². The van der Waals surface area contributed by atoms with Crippen LogP contribution in [0.5, 0.6) is 0 Å². The summed E-state index contributed by atoms with van der Waals surface area (Å²) >= 11 is 0. The van der Waals surface area contributed by atoms with E-state index >= 15 is 0 Å². The van der Waals surface area contributed by atoms with Gasteiger partial charge in [-0.1, -0.05) is 12.1 Å². The molecule has 2 heterocycles. The highest BCUT2D eigenvalue weighted by Gasteiger charge is 2.22. The van der Waals surface area contributed by atoms with E-state index in [2.05, 4.69) is 24.4 Å². The third-order valence-electron chi connectivity index (χ3n) is 4.13. The normalized spacial score (nSPS) is 15.6. The molecule has 1 aromatic heterocycles. The van der Waals surface area contributed by atoms with Gasteiger partial charge in [0.25, 0.3) is 0 Å². The van der Waals surface area contributed by atoms with Crippen LogP contribution in [0.3, 0.4) is 0 Å². The maximum absolute atomic E-state index is 11.9. The van der Waals surface area contributed by atoms with Gasteiger partial charge in [0.1, 0.15) is 11.5 Å². The molecule has 5 heteroatoms. The third-order valence-corrected chi connectivity index (χ3v) is 4.13. The molecule has 3 rings (SSSR count). The van der Waals surface area contributed by atoms with Gasteiger partial charge < -0.3 is 14.6 Å². The van der Waals surface area contributed by atoms with Gasteiger partial charge in [-0.3, -0.25) is 4.79 Å². The molecule has 0 spiro atoms. The van der Waals surface area contributed by atoms with Gasteiger partial charge in [0, 0.05) is 24.7 Å². The number of hydrogen-bond acceptors (Lipinski definition) is 3. The van der Waals surface area contributed by atoms with Crippen LogP contribution in [0.1, 0.15) is 42.9 Å². The van der Waals surface area contributed by atoms with E-state index in [0.29, 0.717) is 13.0 Å². The number of halogens is 1. The second kappa shape index (κ2) is 7.66. The van der Waals surface area contributed by atoms with Gasteiger partial charge >= 0.3 is 0 Å². The van der Waals surface area contributed by atoms with Gasteiger partial charge in [-0.05, 0) is 50.1 Å². The Morgan fingerprint density at radius 2 is 2.13 bits per heavy atom. The van der Waals surface area contributed by atoms with Crippen molar-refractivity contribution in [2.75, 3.05) is 11.4 Å². The number of nitrogens with one attached hydrogen (secondary N) is 1. The summed E-state index contributed by atoms with van der Waals surface area (Å²) in [7, 11) is 0. The van der Waals surface area contributed by atoms with Crippen LogP contribution in [0.4, 0.5) is 5.69 Å². The average molecular weight is 335 g/mol. The van der Waals surface area contributed by atoms with E-state index in [1.807, 2.05) is 36.1 Å². The Hall–Kier alpha value is -1.78. The first kappa shape index (κ1) is 17.6. The van der Waals surface area contributed by atoms with Crippen molar-refractivity contribution < 1.29 is 9.21 Å². The molecule has 0 aliphatic carbocycles. The number of anilines is 1. The van der Waals surface area contributed by atoms with Crippen LogP contribution < -0.4 is 10.2 Å². The molecule has 1 amide bonds. The van der Waals surface area contributed by atoms with Crippen molar-refractivity contribution in [1.82, 2.24) is 5.32 Å². The Morgan fingerprint density at radius 1 is 1.30 bits per heavy atom. The van der Waals surface area contributed by atoms with E-state index < -0.39 is 0 Å². The van der Waals surface area contributed by atoms with Gasteiger partial charge in [0.2, 0.25) is 5.91 Å². The minimum absolute atomic E-state index is 0. The second-order valence-electron chi connectivity index (χ2n) is 5.86. The molecule has 2 aromatic rings. The lowest BCUT2D eigenvalue weighted by molar-refractivity contribution is -0.117. The van der Waals surface area contributed by atoms with Gasteiger partial charge in [0.15, 0.2) is 0 Å². The molecule has 1 atom stereocenters. The van der Waals surface area contributed by atoms with Gasteiger partial charge in [-0.15, -0.1) is 12.4 Å². The Balaban J connectivity index is 0.00000192. The molecule has 1 fully saturated rings. The van der Waals surface area contributed by atoms with Crippen LogP contribution in [-0.2, 0) is 11.3 Å². The number of carbonyl (C=O) groups is 1. The SMILES string of the molecule is Cc1ccc(CNC(C)c2cccc(N3CCCC3=O)c2)o1.Cl. The van der Waals surface area contributed by atoms with Crippen molar-refractivity contribution >= 4 is 24.0 Å². The lowest BCUT2D eigenvalue weighted by atomic mass is 10.1. The summed E-state index contributed by atoms with van der Waals surface area (Å²) in [5, 5.41) is 3.46. The van der Waals surface area contributed by atoms with E-state index in [1.165, 1.54) is 5.56 Å². The second-order valence-corrected chi connectivity index (χ2v) is 5.86. The first-order valence-corrected chi connectivity index (χ1v) is 7.82. The topological polar surface area (TPSA) is 45.5 Å². The molecule has 1 unspecified atom stereocenters. The molecule has 0 bridgehead atoms. The fourth-order valence-electron chi connectivity index (χ4n) is 2.83. The van der Waals surface area contributed by atoms with Crippen molar-refractivity contribution in [2.45, 2.75) is 39.3 Å². The van der Waals surface area contributed by atoms with E-state index in [4.69, 9.17) is 4.42 Å². The Kier molecular flexibility index (Phi) is 5.85. The number of furan rings is 1. The minimum Gasteiger partial charge on any atom is -0.465 e. The average Bonchev–Trinajstić information content (AvgIpc) is 3.13. The zero-order chi connectivity index (χ0) is 15.5. The molecule has 124 valence electrons. The van der Waals surface area contributed by atoms with Crippen molar-refractivity contribution in [3.8, 4) is 0 Å².